The van der Waals surface area contributed by atoms with E-state index in [2.05, 4.69) is 79.7 Å². The van der Waals surface area contributed by atoms with Crippen LogP contribution in [-0.4, -0.2) is 43.9 Å². The summed E-state index contributed by atoms with van der Waals surface area (Å²) in [5, 5.41) is 18.2. The highest BCUT2D eigenvalue weighted by Crippen LogP contribution is 2.39. The number of Topliss-reactive ketones (excluding diaryl/α,β-unsaturated/α-hetero) is 1. The first kappa shape index (κ1) is 40.2. The Balaban J connectivity index is 1.58. The van der Waals surface area contributed by atoms with Crippen LogP contribution < -0.4 is 15.4 Å². The molecule has 0 saturated heterocycles. The number of ketones is 1. The first-order valence-corrected chi connectivity index (χ1v) is 18.3. The van der Waals surface area contributed by atoms with E-state index in [1.807, 2.05) is 44.2 Å². The standard InChI is InChI=1S/C41H53ClN6O4/c1-12-32(52-33-23-22-27(39(8,9)13-2)24-31(33)40(10,11)14-3)35(49)43-28-19-17-20-29(25-28)44-37(51)41(42,36(50)38(5,6)7)48-46-34(45-47-48)30-21-16-15-18-26(30)4/h15-25,32H,12-14H2,1-11H3,(H,43,49)(H,44,51). The lowest BCUT2D eigenvalue weighted by Crippen LogP contribution is -2.52. The normalized spacial score (nSPS) is 13.9. The molecule has 2 unspecified atom stereocenters. The number of halogens is 1. The number of nitrogens with zero attached hydrogens (tertiary/aromatic N) is 4. The molecule has 0 radical (unpaired) electrons. The van der Waals surface area contributed by atoms with Crippen molar-refractivity contribution in [2.75, 3.05) is 10.6 Å². The average molecular weight is 729 g/mol. The minimum atomic E-state index is -2.36. The van der Waals surface area contributed by atoms with Gasteiger partial charge >= 0.3 is 0 Å². The van der Waals surface area contributed by atoms with E-state index < -0.39 is 28.2 Å². The van der Waals surface area contributed by atoms with Gasteiger partial charge in [0, 0.05) is 27.9 Å². The van der Waals surface area contributed by atoms with Crippen LogP contribution in [0.3, 0.4) is 0 Å². The third-order valence-electron chi connectivity index (χ3n) is 9.94. The molecule has 4 rings (SSSR count). The number of tetrazole rings is 1. The van der Waals surface area contributed by atoms with Crippen molar-refractivity contribution in [3.8, 4) is 17.1 Å². The molecule has 0 fully saturated rings. The Morgan fingerprint density at radius 1 is 0.827 bits per heavy atom. The maximum atomic E-state index is 14.0. The number of amides is 2. The Hall–Kier alpha value is -4.57. The van der Waals surface area contributed by atoms with Crippen LogP contribution in [0.15, 0.2) is 66.7 Å². The number of ether oxygens (including phenoxy) is 1. The molecule has 0 bridgehead atoms. The van der Waals surface area contributed by atoms with Gasteiger partial charge in [-0.15, -0.1) is 15.0 Å². The van der Waals surface area contributed by atoms with Gasteiger partial charge in [-0.25, -0.2) is 0 Å². The van der Waals surface area contributed by atoms with Gasteiger partial charge in [-0.05, 0) is 77.6 Å². The average Bonchev–Trinajstić information content (AvgIpc) is 3.60. The van der Waals surface area contributed by atoms with Gasteiger partial charge in [0.15, 0.2) is 11.9 Å². The van der Waals surface area contributed by atoms with Gasteiger partial charge < -0.3 is 15.4 Å². The number of hydrogen-bond acceptors (Lipinski definition) is 7. The van der Waals surface area contributed by atoms with Gasteiger partial charge in [0.05, 0.1) is 0 Å². The lowest BCUT2D eigenvalue weighted by Gasteiger charge is -2.31. The molecule has 0 saturated carbocycles. The highest BCUT2D eigenvalue weighted by molar-refractivity contribution is 6.45. The van der Waals surface area contributed by atoms with E-state index in [9.17, 15) is 14.4 Å². The lowest BCUT2D eigenvalue weighted by atomic mass is 9.76. The Kier molecular flexibility index (Phi) is 12.0. The molecule has 11 heteroatoms. The first-order valence-electron chi connectivity index (χ1n) is 17.9. The van der Waals surface area contributed by atoms with E-state index >= 15 is 0 Å². The number of benzene rings is 3. The molecular formula is C41H53ClN6O4. The summed E-state index contributed by atoms with van der Waals surface area (Å²) in [5.41, 5.74) is 3.37. The van der Waals surface area contributed by atoms with Crippen molar-refractivity contribution in [2.24, 2.45) is 5.41 Å². The Bertz CT molecular complexity index is 1930. The van der Waals surface area contributed by atoms with Gasteiger partial charge in [-0.3, -0.25) is 14.4 Å². The van der Waals surface area contributed by atoms with Crippen LogP contribution in [-0.2, 0) is 30.2 Å². The summed E-state index contributed by atoms with van der Waals surface area (Å²) in [7, 11) is 0. The minimum absolute atomic E-state index is 0.00174. The fourth-order valence-electron chi connectivity index (χ4n) is 5.62. The van der Waals surface area contributed by atoms with Gasteiger partial charge in [0.2, 0.25) is 5.82 Å². The van der Waals surface area contributed by atoms with Crippen LogP contribution in [0.2, 0.25) is 0 Å². The first-order chi connectivity index (χ1) is 24.3. The molecule has 2 N–H and O–H groups in total. The zero-order chi connectivity index (χ0) is 38.6. The van der Waals surface area contributed by atoms with E-state index in [0.29, 0.717) is 29.1 Å². The van der Waals surface area contributed by atoms with E-state index in [1.165, 1.54) is 5.56 Å². The van der Waals surface area contributed by atoms with Crippen molar-refractivity contribution in [2.45, 2.75) is 117 Å². The van der Waals surface area contributed by atoms with Crippen molar-refractivity contribution in [3.05, 3.63) is 83.4 Å². The van der Waals surface area contributed by atoms with E-state index in [-0.39, 0.29) is 22.6 Å². The summed E-state index contributed by atoms with van der Waals surface area (Å²) < 4.78 is 6.45. The molecule has 2 amide bonds. The van der Waals surface area contributed by atoms with Crippen LogP contribution >= 0.6 is 11.6 Å². The predicted molar refractivity (Wildman–Crippen MR) is 208 cm³/mol. The molecule has 0 aliphatic rings. The SMILES string of the molecule is CCC(Oc1ccc(C(C)(C)CC)cc1C(C)(C)CC)C(=O)Nc1cccc(NC(=O)C(Cl)(C(=O)C(C)(C)C)n2nnc(-c3ccccc3C)n2)c1. The number of rotatable bonds is 14. The zero-order valence-electron chi connectivity index (χ0n) is 32.3. The number of anilines is 2. The van der Waals surface area contributed by atoms with Crippen LogP contribution in [0.25, 0.3) is 11.4 Å². The molecule has 0 aliphatic heterocycles. The van der Waals surface area contributed by atoms with Crippen LogP contribution in [0.5, 0.6) is 5.75 Å². The molecule has 2 atom stereocenters. The molecule has 278 valence electrons. The van der Waals surface area contributed by atoms with Crippen molar-refractivity contribution >= 4 is 40.6 Å². The van der Waals surface area contributed by atoms with E-state index in [1.54, 1.807) is 45.0 Å². The highest BCUT2D eigenvalue weighted by atomic mass is 35.5. The summed E-state index contributed by atoms with van der Waals surface area (Å²) in [6.45, 7) is 21.9. The number of aryl methyl sites for hydroxylation is 1. The maximum Gasteiger partial charge on any atom is 0.292 e. The maximum absolute atomic E-state index is 14.0. The van der Waals surface area contributed by atoms with Gasteiger partial charge in [-0.1, -0.05) is 123 Å². The Labute approximate surface area is 313 Å². The van der Waals surface area contributed by atoms with Crippen LogP contribution in [0, 0.1) is 12.3 Å². The highest BCUT2D eigenvalue weighted by Gasteiger charge is 2.53. The number of aromatic nitrogens is 4. The third-order valence-corrected chi connectivity index (χ3v) is 10.4. The molecule has 1 heterocycles. The third kappa shape index (κ3) is 8.55. The van der Waals surface area contributed by atoms with Gasteiger partial charge in [0.25, 0.3) is 16.8 Å². The van der Waals surface area contributed by atoms with Crippen molar-refractivity contribution < 1.29 is 19.1 Å². The van der Waals surface area contributed by atoms with E-state index in [0.717, 1.165) is 28.8 Å². The number of hydrogen-bond donors (Lipinski definition) is 2. The second kappa shape index (κ2) is 15.6. The second-order valence-electron chi connectivity index (χ2n) is 15.6. The molecule has 0 spiro atoms. The number of carbonyl (C=O) groups is 3. The summed E-state index contributed by atoms with van der Waals surface area (Å²) in [4.78, 5) is 39.9. The molecule has 0 aliphatic carbocycles. The fraction of sp³-hybridized carbons (Fsp3) is 0.463. The summed E-state index contributed by atoms with van der Waals surface area (Å²) in [6, 6.07) is 20.3. The predicted octanol–water partition coefficient (Wildman–Crippen LogP) is 8.97. The van der Waals surface area contributed by atoms with Crippen molar-refractivity contribution in [1.29, 1.82) is 0 Å². The molecule has 4 aromatic rings. The van der Waals surface area contributed by atoms with E-state index in [4.69, 9.17) is 16.3 Å². The second-order valence-corrected chi connectivity index (χ2v) is 16.2. The summed E-state index contributed by atoms with van der Waals surface area (Å²) in [5.74, 6) is -0.936. The monoisotopic (exact) mass is 728 g/mol. The van der Waals surface area contributed by atoms with Gasteiger partial charge in [-0.2, -0.15) is 0 Å². The van der Waals surface area contributed by atoms with Crippen molar-refractivity contribution in [3.63, 3.8) is 0 Å². The molecule has 1 aromatic heterocycles. The molecular weight excluding hydrogens is 676 g/mol. The quantitative estimate of drug-likeness (QED) is 0.0980. The molecule has 10 nitrogen and oxygen atoms in total. The van der Waals surface area contributed by atoms with Crippen molar-refractivity contribution in [1.82, 2.24) is 20.2 Å². The topological polar surface area (TPSA) is 128 Å². The lowest BCUT2D eigenvalue weighted by molar-refractivity contribution is -0.139. The molecule has 52 heavy (non-hydrogen) atoms. The fourth-order valence-corrected chi connectivity index (χ4v) is 6.02. The van der Waals surface area contributed by atoms with Crippen LogP contribution in [0.1, 0.15) is 105 Å². The minimum Gasteiger partial charge on any atom is -0.480 e. The number of nitrogens with one attached hydrogen (secondary N) is 2. The largest absolute Gasteiger partial charge is 0.480 e. The molecule has 3 aromatic carbocycles. The van der Waals surface area contributed by atoms with Crippen LogP contribution in [0.4, 0.5) is 11.4 Å². The Morgan fingerprint density at radius 3 is 2.06 bits per heavy atom. The smallest absolute Gasteiger partial charge is 0.292 e. The Morgan fingerprint density at radius 2 is 1.46 bits per heavy atom. The number of alkyl halides is 1. The summed E-state index contributed by atoms with van der Waals surface area (Å²) in [6.07, 6.45) is 1.53. The zero-order valence-corrected chi connectivity index (χ0v) is 33.1. The van der Waals surface area contributed by atoms with Gasteiger partial charge in [0.1, 0.15) is 5.75 Å². The summed E-state index contributed by atoms with van der Waals surface area (Å²) >= 11 is 6.95. The number of carbonyl (C=O) groups excluding carboxylic acids is 3.